The van der Waals surface area contributed by atoms with Crippen molar-refractivity contribution in [3.8, 4) is 0 Å². The fourth-order valence-corrected chi connectivity index (χ4v) is 1.90. The molecule has 0 aromatic heterocycles. The van der Waals surface area contributed by atoms with Gasteiger partial charge in [-0.3, -0.25) is 4.79 Å². The number of likely N-dealkylation sites (N-methyl/N-ethyl adjacent to an activating group) is 1. The number of ether oxygens (including phenoxy) is 1. The summed E-state index contributed by atoms with van der Waals surface area (Å²) in [7, 11) is 0. The number of aliphatic carboxylic acids is 1. The molecule has 0 amide bonds. The zero-order valence-corrected chi connectivity index (χ0v) is 12.1. The number of unbranched alkanes of at least 4 members (excludes halogenated alkanes) is 3. The molecule has 4 heteroatoms. The predicted molar refractivity (Wildman–Crippen MR) is 73.9 cm³/mol. The number of carboxylic acid groups (broad SMARTS) is 1. The first-order valence-corrected chi connectivity index (χ1v) is 7.13. The second-order valence-electron chi connectivity index (χ2n) is 4.94. The van der Waals surface area contributed by atoms with Gasteiger partial charge in [-0.1, -0.05) is 26.7 Å². The summed E-state index contributed by atoms with van der Waals surface area (Å²) in [5, 5.41) is 12.2. The minimum absolute atomic E-state index is 0.647. The van der Waals surface area contributed by atoms with Crippen molar-refractivity contribution < 1.29 is 14.6 Å². The lowest BCUT2D eigenvalue weighted by Crippen LogP contribution is -2.49. The maximum atomic E-state index is 11.2. The van der Waals surface area contributed by atoms with Gasteiger partial charge in [-0.2, -0.15) is 0 Å². The molecule has 0 spiro atoms. The molecule has 0 bridgehead atoms. The van der Waals surface area contributed by atoms with Crippen LogP contribution in [0.4, 0.5) is 0 Å². The Bertz CT molecular complexity index is 221. The second-order valence-corrected chi connectivity index (χ2v) is 4.94. The molecule has 0 aliphatic carbocycles. The number of nitrogens with one attached hydrogen (secondary N) is 1. The Balaban J connectivity index is 3.59. The van der Waals surface area contributed by atoms with Crippen LogP contribution in [-0.4, -0.2) is 36.4 Å². The normalized spacial score (nSPS) is 14.4. The van der Waals surface area contributed by atoms with Crippen molar-refractivity contribution in [2.45, 2.75) is 64.8 Å². The lowest BCUT2D eigenvalue weighted by atomic mass is 9.95. The molecule has 4 nitrogen and oxygen atoms in total. The third-order valence-corrected chi connectivity index (χ3v) is 3.15. The van der Waals surface area contributed by atoms with Gasteiger partial charge in [0.15, 0.2) is 0 Å². The van der Waals surface area contributed by atoms with Crippen LogP contribution < -0.4 is 5.32 Å². The molecule has 0 fully saturated rings. The van der Waals surface area contributed by atoms with Crippen molar-refractivity contribution in [1.29, 1.82) is 0 Å². The van der Waals surface area contributed by atoms with Gasteiger partial charge in [0.2, 0.25) is 0 Å². The number of rotatable bonds is 12. The van der Waals surface area contributed by atoms with E-state index in [1.54, 1.807) is 6.92 Å². The van der Waals surface area contributed by atoms with E-state index in [9.17, 15) is 4.79 Å². The zero-order chi connectivity index (χ0) is 13.9. The molecule has 0 aromatic carbocycles. The maximum Gasteiger partial charge on any atom is 0.323 e. The van der Waals surface area contributed by atoms with Crippen molar-refractivity contribution in [2.75, 3.05) is 19.8 Å². The first-order chi connectivity index (χ1) is 8.56. The quantitative estimate of drug-likeness (QED) is 0.529. The predicted octanol–water partition coefficient (Wildman–Crippen LogP) is 2.82. The molecule has 0 rings (SSSR count). The second kappa shape index (κ2) is 10.3. The Morgan fingerprint density at radius 3 is 2.28 bits per heavy atom. The van der Waals surface area contributed by atoms with Crippen molar-refractivity contribution >= 4 is 5.97 Å². The van der Waals surface area contributed by atoms with E-state index >= 15 is 0 Å². The van der Waals surface area contributed by atoms with E-state index in [1.165, 1.54) is 12.8 Å². The molecule has 1 atom stereocenters. The minimum atomic E-state index is -0.795. The van der Waals surface area contributed by atoms with Crippen molar-refractivity contribution in [1.82, 2.24) is 5.32 Å². The Labute approximate surface area is 111 Å². The topological polar surface area (TPSA) is 58.6 Å². The van der Waals surface area contributed by atoms with Crippen molar-refractivity contribution in [2.24, 2.45) is 0 Å². The molecule has 18 heavy (non-hydrogen) atoms. The Morgan fingerprint density at radius 1 is 1.17 bits per heavy atom. The summed E-state index contributed by atoms with van der Waals surface area (Å²) in [4.78, 5) is 11.2. The molecule has 108 valence electrons. The highest BCUT2D eigenvalue weighted by atomic mass is 16.5. The van der Waals surface area contributed by atoms with E-state index in [1.807, 2.05) is 6.92 Å². The van der Waals surface area contributed by atoms with Crippen LogP contribution in [0.1, 0.15) is 59.3 Å². The van der Waals surface area contributed by atoms with Crippen LogP contribution in [0.15, 0.2) is 0 Å². The standard InChI is InChI=1S/C14H29NO3/c1-4-6-8-11-18-12-9-7-10-14(3,13(16)17)15-5-2/h15H,4-12H2,1-3H3,(H,16,17). The number of carboxylic acids is 1. The molecular formula is C14H29NO3. The van der Waals surface area contributed by atoms with E-state index in [2.05, 4.69) is 12.2 Å². The van der Waals surface area contributed by atoms with Gasteiger partial charge < -0.3 is 15.2 Å². The van der Waals surface area contributed by atoms with Crippen molar-refractivity contribution in [3.05, 3.63) is 0 Å². The molecule has 0 aliphatic heterocycles. The number of carbonyl (C=O) groups is 1. The largest absolute Gasteiger partial charge is 0.480 e. The average molecular weight is 259 g/mol. The summed E-state index contributed by atoms with van der Waals surface area (Å²) in [6, 6.07) is 0. The van der Waals surface area contributed by atoms with Crippen LogP contribution in [0.5, 0.6) is 0 Å². The highest BCUT2D eigenvalue weighted by Gasteiger charge is 2.30. The Kier molecular flexibility index (Phi) is 9.98. The molecule has 0 saturated carbocycles. The third kappa shape index (κ3) is 7.67. The highest BCUT2D eigenvalue weighted by molar-refractivity contribution is 5.78. The molecule has 1 unspecified atom stereocenters. The molecule has 0 radical (unpaired) electrons. The molecule has 0 aromatic rings. The Hall–Kier alpha value is -0.610. The summed E-state index contributed by atoms with van der Waals surface area (Å²) in [5.74, 6) is -0.770. The molecule has 0 saturated heterocycles. The first-order valence-electron chi connectivity index (χ1n) is 7.13. The summed E-state index contributed by atoms with van der Waals surface area (Å²) >= 11 is 0. The van der Waals surface area contributed by atoms with Crippen molar-refractivity contribution in [3.63, 3.8) is 0 Å². The molecule has 2 N–H and O–H groups in total. The van der Waals surface area contributed by atoms with Crippen LogP contribution in [0.25, 0.3) is 0 Å². The molecular weight excluding hydrogens is 230 g/mol. The van der Waals surface area contributed by atoms with Crippen LogP contribution in [-0.2, 0) is 9.53 Å². The smallest absolute Gasteiger partial charge is 0.323 e. The van der Waals surface area contributed by atoms with E-state index < -0.39 is 11.5 Å². The summed E-state index contributed by atoms with van der Waals surface area (Å²) in [5.41, 5.74) is -0.795. The van der Waals surface area contributed by atoms with Crippen LogP contribution in [0.2, 0.25) is 0 Å². The Morgan fingerprint density at radius 2 is 1.78 bits per heavy atom. The lowest BCUT2D eigenvalue weighted by Gasteiger charge is -2.25. The van der Waals surface area contributed by atoms with Crippen LogP contribution >= 0.6 is 0 Å². The van der Waals surface area contributed by atoms with Gasteiger partial charge >= 0.3 is 5.97 Å². The van der Waals surface area contributed by atoms with Gasteiger partial charge in [0, 0.05) is 13.2 Å². The maximum absolute atomic E-state index is 11.2. The monoisotopic (exact) mass is 259 g/mol. The van der Waals surface area contributed by atoms with E-state index in [-0.39, 0.29) is 0 Å². The summed E-state index contributed by atoms with van der Waals surface area (Å²) in [6.07, 6.45) is 6.01. The molecule has 0 heterocycles. The fraction of sp³-hybridized carbons (Fsp3) is 0.929. The molecule has 0 aliphatic rings. The lowest BCUT2D eigenvalue weighted by molar-refractivity contribution is -0.144. The fourth-order valence-electron chi connectivity index (χ4n) is 1.90. The van der Waals surface area contributed by atoms with Gasteiger partial charge in [0.25, 0.3) is 0 Å². The van der Waals surface area contributed by atoms with Crippen LogP contribution in [0, 0.1) is 0 Å². The van der Waals surface area contributed by atoms with E-state index in [4.69, 9.17) is 9.84 Å². The highest BCUT2D eigenvalue weighted by Crippen LogP contribution is 2.14. The van der Waals surface area contributed by atoms with E-state index in [0.29, 0.717) is 13.0 Å². The third-order valence-electron chi connectivity index (χ3n) is 3.15. The average Bonchev–Trinajstić information content (AvgIpc) is 2.33. The van der Waals surface area contributed by atoms with E-state index in [0.717, 1.165) is 32.5 Å². The summed E-state index contributed by atoms with van der Waals surface area (Å²) in [6.45, 7) is 8.10. The minimum Gasteiger partial charge on any atom is -0.480 e. The van der Waals surface area contributed by atoms with Gasteiger partial charge in [0.05, 0.1) is 0 Å². The van der Waals surface area contributed by atoms with Gasteiger partial charge in [0.1, 0.15) is 5.54 Å². The SMILES string of the molecule is CCCCCOCCCCC(C)(NCC)C(=O)O. The zero-order valence-electron chi connectivity index (χ0n) is 12.1. The van der Waals surface area contributed by atoms with Gasteiger partial charge in [-0.15, -0.1) is 0 Å². The van der Waals surface area contributed by atoms with Gasteiger partial charge in [-0.05, 0) is 39.2 Å². The van der Waals surface area contributed by atoms with Gasteiger partial charge in [-0.25, -0.2) is 0 Å². The summed E-state index contributed by atoms with van der Waals surface area (Å²) < 4.78 is 5.50. The first kappa shape index (κ1) is 17.4. The van der Waals surface area contributed by atoms with Crippen LogP contribution in [0.3, 0.4) is 0 Å². The number of hydrogen-bond donors (Lipinski definition) is 2. The number of hydrogen-bond acceptors (Lipinski definition) is 3.